The van der Waals surface area contributed by atoms with Gasteiger partial charge in [-0.3, -0.25) is 9.69 Å². The van der Waals surface area contributed by atoms with E-state index in [0.717, 1.165) is 41.0 Å². The standard InChI is InChI=1S/C17H16Cl3NO.C15H15Cl2N/c1-3-12-4-6-14(7-5-12)21(16(22)10-18)17-11(2)8-13(19)9-15(17)20;1-3-11-4-6-13(7-5-11)18-15-10(2)8-12(16)9-14(15)17/h4-9H,3,10H2,1-2H3;4-9,18H,3H2,1-2H3. The molecule has 0 aliphatic heterocycles. The van der Waals surface area contributed by atoms with E-state index in [1.807, 2.05) is 44.2 Å². The molecule has 0 aliphatic carbocycles. The topological polar surface area (TPSA) is 32.3 Å². The van der Waals surface area contributed by atoms with Crippen molar-refractivity contribution >= 4 is 86.7 Å². The summed E-state index contributed by atoms with van der Waals surface area (Å²) in [5.41, 5.74) is 7.64. The minimum atomic E-state index is -0.238. The normalized spacial score (nSPS) is 10.5. The van der Waals surface area contributed by atoms with Gasteiger partial charge in [-0.05, 0) is 97.5 Å². The van der Waals surface area contributed by atoms with E-state index in [9.17, 15) is 4.79 Å². The molecule has 0 saturated carbocycles. The molecule has 1 amide bonds. The van der Waals surface area contributed by atoms with Crippen molar-refractivity contribution in [2.45, 2.75) is 40.5 Å². The van der Waals surface area contributed by atoms with E-state index in [-0.39, 0.29) is 11.8 Å². The smallest absolute Gasteiger partial charge is 0.246 e. The summed E-state index contributed by atoms with van der Waals surface area (Å²) in [5, 5.41) is 5.58. The van der Waals surface area contributed by atoms with Gasteiger partial charge in [-0.15, -0.1) is 11.6 Å². The Kier molecular flexibility index (Phi) is 12.0. The van der Waals surface area contributed by atoms with Crippen molar-refractivity contribution in [1.29, 1.82) is 0 Å². The highest BCUT2D eigenvalue weighted by Crippen LogP contribution is 2.37. The van der Waals surface area contributed by atoms with E-state index < -0.39 is 0 Å². The van der Waals surface area contributed by atoms with Crippen molar-refractivity contribution in [3.63, 3.8) is 0 Å². The second-order valence-corrected chi connectivity index (χ2v) is 11.1. The van der Waals surface area contributed by atoms with Gasteiger partial charge >= 0.3 is 0 Å². The fraction of sp³-hybridized carbons (Fsp3) is 0.219. The van der Waals surface area contributed by atoms with Gasteiger partial charge in [0.2, 0.25) is 5.91 Å². The van der Waals surface area contributed by atoms with Crippen LogP contribution < -0.4 is 10.2 Å². The monoisotopic (exact) mass is 634 g/mol. The molecular weight excluding hydrogens is 606 g/mol. The summed E-state index contributed by atoms with van der Waals surface area (Å²) in [5.74, 6) is -0.369. The molecular formula is C32H31Cl5N2O. The molecule has 40 heavy (non-hydrogen) atoms. The highest BCUT2D eigenvalue weighted by atomic mass is 35.5. The minimum absolute atomic E-state index is 0.131. The molecule has 8 heteroatoms. The molecule has 3 nitrogen and oxygen atoms in total. The van der Waals surface area contributed by atoms with Gasteiger partial charge in [0.25, 0.3) is 0 Å². The molecule has 0 atom stereocenters. The number of aryl methyl sites for hydroxylation is 4. The van der Waals surface area contributed by atoms with Crippen LogP contribution in [0.4, 0.5) is 22.7 Å². The second-order valence-electron chi connectivity index (χ2n) is 9.19. The highest BCUT2D eigenvalue weighted by molar-refractivity contribution is 6.38. The molecule has 1 N–H and O–H groups in total. The van der Waals surface area contributed by atoms with Crippen molar-refractivity contribution in [3.05, 3.63) is 115 Å². The largest absolute Gasteiger partial charge is 0.354 e. The van der Waals surface area contributed by atoms with E-state index in [0.29, 0.717) is 25.8 Å². The van der Waals surface area contributed by atoms with E-state index in [1.54, 1.807) is 23.1 Å². The lowest BCUT2D eigenvalue weighted by Crippen LogP contribution is -2.28. The summed E-state index contributed by atoms with van der Waals surface area (Å²) in [4.78, 5) is 13.9. The number of nitrogens with one attached hydrogen (secondary N) is 1. The number of alkyl halides is 1. The molecule has 0 saturated heterocycles. The van der Waals surface area contributed by atoms with Crippen molar-refractivity contribution in [3.8, 4) is 0 Å². The molecule has 0 fully saturated rings. The van der Waals surface area contributed by atoms with Crippen molar-refractivity contribution in [2.24, 2.45) is 0 Å². The summed E-state index contributed by atoms with van der Waals surface area (Å²) in [7, 11) is 0. The molecule has 0 radical (unpaired) electrons. The average molecular weight is 637 g/mol. The first kappa shape index (κ1) is 32.1. The van der Waals surface area contributed by atoms with Crippen LogP contribution >= 0.6 is 58.0 Å². The minimum Gasteiger partial charge on any atom is -0.354 e. The zero-order valence-electron chi connectivity index (χ0n) is 22.8. The second kappa shape index (κ2) is 15.0. The molecule has 0 heterocycles. The zero-order valence-corrected chi connectivity index (χ0v) is 26.6. The van der Waals surface area contributed by atoms with Crippen LogP contribution in [-0.4, -0.2) is 11.8 Å². The van der Waals surface area contributed by atoms with E-state index in [1.165, 1.54) is 11.1 Å². The van der Waals surface area contributed by atoms with Crippen LogP contribution in [-0.2, 0) is 17.6 Å². The molecule has 0 aliphatic rings. The van der Waals surface area contributed by atoms with Gasteiger partial charge in [-0.1, -0.05) is 84.5 Å². The Morgan fingerprint density at radius 1 is 0.725 bits per heavy atom. The van der Waals surface area contributed by atoms with Gasteiger partial charge in [0, 0.05) is 21.4 Å². The molecule has 0 aromatic heterocycles. The van der Waals surface area contributed by atoms with E-state index >= 15 is 0 Å². The molecule has 4 aromatic carbocycles. The maximum absolute atomic E-state index is 12.4. The summed E-state index contributed by atoms with van der Waals surface area (Å²) in [6.45, 7) is 8.07. The maximum Gasteiger partial charge on any atom is 0.246 e. The predicted octanol–water partition coefficient (Wildman–Crippen LogP) is 11.4. The third-order valence-corrected chi connectivity index (χ3v) is 7.54. The van der Waals surface area contributed by atoms with Gasteiger partial charge in [-0.2, -0.15) is 0 Å². The Morgan fingerprint density at radius 3 is 1.70 bits per heavy atom. The Hall–Kier alpha value is -2.40. The lowest BCUT2D eigenvalue weighted by Gasteiger charge is -2.25. The lowest BCUT2D eigenvalue weighted by atomic mass is 10.1. The van der Waals surface area contributed by atoms with Crippen LogP contribution in [0.5, 0.6) is 0 Å². The molecule has 0 spiro atoms. The van der Waals surface area contributed by atoms with Crippen LogP contribution in [0.1, 0.15) is 36.1 Å². The number of hydrogen-bond acceptors (Lipinski definition) is 2. The van der Waals surface area contributed by atoms with Crippen LogP contribution in [0.15, 0.2) is 72.8 Å². The fourth-order valence-corrected chi connectivity index (χ4v) is 5.59. The number of rotatable bonds is 7. The summed E-state index contributed by atoms with van der Waals surface area (Å²) in [6.07, 6.45) is 1.98. The number of carbonyl (C=O) groups is 1. The predicted molar refractivity (Wildman–Crippen MR) is 175 cm³/mol. The quantitative estimate of drug-likeness (QED) is 0.205. The fourth-order valence-electron chi connectivity index (χ4n) is 4.14. The zero-order chi connectivity index (χ0) is 29.4. The van der Waals surface area contributed by atoms with Gasteiger partial charge < -0.3 is 5.32 Å². The first-order chi connectivity index (χ1) is 19.1. The highest BCUT2D eigenvalue weighted by Gasteiger charge is 2.22. The summed E-state index contributed by atoms with van der Waals surface area (Å²) >= 11 is 30.3. The number of carbonyl (C=O) groups excluding carboxylic acids is 1. The van der Waals surface area contributed by atoms with Crippen LogP contribution in [0.3, 0.4) is 0 Å². The Balaban J connectivity index is 0.000000225. The number of hydrogen-bond donors (Lipinski definition) is 1. The third-order valence-electron chi connectivity index (χ3n) is 6.29. The molecule has 0 unspecified atom stereocenters. The Morgan fingerprint density at radius 2 is 1.23 bits per heavy atom. The van der Waals surface area contributed by atoms with Crippen molar-refractivity contribution < 1.29 is 4.79 Å². The number of anilines is 4. The van der Waals surface area contributed by atoms with Crippen LogP contribution in [0.2, 0.25) is 20.1 Å². The molecule has 0 bridgehead atoms. The molecule has 4 aromatic rings. The summed E-state index contributed by atoms with van der Waals surface area (Å²) < 4.78 is 0. The van der Waals surface area contributed by atoms with Crippen molar-refractivity contribution in [2.75, 3.05) is 16.1 Å². The van der Waals surface area contributed by atoms with Crippen molar-refractivity contribution in [1.82, 2.24) is 0 Å². The average Bonchev–Trinajstić information content (AvgIpc) is 2.93. The SMILES string of the molecule is CCc1ccc(N(C(=O)CCl)c2c(C)cc(Cl)cc2Cl)cc1.CCc1ccc(Nc2c(C)cc(Cl)cc2Cl)cc1. The van der Waals surface area contributed by atoms with Gasteiger partial charge in [0.1, 0.15) is 5.88 Å². The third kappa shape index (κ3) is 8.31. The van der Waals surface area contributed by atoms with Crippen LogP contribution in [0, 0.1) is 13.8 Å². The van der Waals surface area contributed by atoms with E-state index in [4.69, 9.17) is 58.0 Å². The van der Waals surface area contributed by atoms with E-state index in [2.05, 4.69) is 43.4 Å². The maximum atomic E-state index is 12.4. The number of amides is 1. The van der Waals surface area contributed by atoms with Gasteiger partial charge in [0.15, 0.2) is 0 Å². The number of halogens is 5. The Labute approximate surface area is 262 Å². The lowest BCUT2D eigenvalue weighted by molar-refractivity contribution is -0.115. The van der Waals surface area contributed by atoms with Crippen LogP contribution in [0.25, 0.3) is 0 Å². The van der Waals surface area contributed by atoms with Gasteiger partial charge in [0.05, 0.1) is 21.4 Å². The molecule has 210 valence electrons. The first-order valence-electron chi connectivity index (χ1n) is 12.8. The first-order valence-corrected chi connectivity index (χ1v) is 14.9. The number of nitrogens with zero attached hydrogens (tertiary/aromatic N) is 1. The summed E-state index contributed by atoms with van der Waals surface area (Å²) in [6, 6.07) is 23.2. The Bertz CT molecular complexity index is 1410. The number of benzene rings is 4. The molecule has 4 rings (SSSR count). The van der Waals surface area contributed by atoms with Gasteiger partial charge in [-0.25, -0.2) is 0 Å².